The highest BCUT2D eigenvalue weighted by Crippen LogP contribution is 2.19. The topological polar surface area (TPSA) is 43.9 Å². The summed E-state index contributed by atoms with van der Waals surface area (Å²) in [4.78, 5) is 30.9. The van der Waals surface area contributed by atoms with Gasteiger partial charge in [0.15, 0.2) is 0 Å². The largest absolute Gasteiger partial charge is 0.374 e. The lowest BCUT2D eigenvalue weighted by atomic mass is 9.94. The van der Waals surface area contributed by atoms with Gasteiger partial charge in [-0.15, -0.1) is 0 Å². The minimum Gasteiger partial charge on any atom is -0.374 e. The van der Waals surface area contributed by atoms with E-state index in [1.807, 2.05) is 68.0 Å². The lowest BCUT2D eigenvalue weighted by Crippen LogP contribution is -2.42. The van der Waals surface area contributed by atoms with Crippen LogP contribution in [-0.2, 0) is 9.59 Å². The molecule has 1 fully saturated rings. The Labute approximate surface area is 151 Å². The first kappa shape index (κ1) is 19.3. The number of benzene rings is 1. The highest BCUT2D eigenvalue weighted by Gasteiger charge is 2.29. The number of amides is 2. The van der Waals surface area contributed by atoms with Crippen LogP contribution in [0.25, 0.3) is 0 Å². The number of hydrogen-bond acceptors (Lipinski definition) is 3. The van der Waals surface area contributed by atoms with Gasteiger partial charge in [-0.1, -0.05) is 39.0 Å². The van der Waals surface area contributed by atoms with E-state index in [1.54, 1.807) is 0 Å². The molecule has 138 valence electrons. The Hall–Kier alpha value is -2.04. The van der Waals surface area contributed by atoms with E-state index >= 15 is 0 Å². The SMILES string of the molecule is CN(CCC(=O)N1CCCN(C(=O)C(C)(C)C)CC1)c1ccccc1. The maximum Gasteiger partial charge on any atom is 0.228 e. The van der Waals surface area contributed by atoms with Crippen LogP contribution in [0.15, 0.2) is 30.3 Å². The molecule has 2 rings (SSSR count). The molecule has 0 N–H and O–H groups in total. The normalized spacial score (nSPS) is 15.7. The highest BCUT2D eigenvalue weighted by molar-refractivity contribution is 5.82. The molecule has 0 aliphatic carbocycles. The summed E-state index contributed by atoms with van der Waals surface area (Å²) in [5.41, 5.74) is 0.755. The Bertz CT molecular complexity index is 580. The Morgan fingerprint density at radius 1 is 1.00 bits per heavy atom. The predicted octanol–water partition coefficient (Wildman–Crippen LogP) is 2.62. The van der Waals surface area contributed by atoms with Crippen molar-refractivity contribution in [3.05, 3.63) is 30.3 Å². The van der Waals surface area contributed by atoms with Gasteiger partial charge in [-0.25, -0.2) is 0 Å². The van der Waals surface area contributed by atoms with Gasteiger partial charge in [-0.3, -0.25) is 9.59 Å². The van der Waals surface area contributed by atoms with Crippen LogP contribution in [0, 0.1) is 5.41 Å². The summed E-state index contributed by atoms with van der Waals surface area (Å²) in [6.07, 6.45) is 1.35. The van der Waals surface area contributed by atoms with Crippen molar-refractivity contribution in [2.24, 2.45) is 5.41 Å². The average molecular weight is 345 g/mol. The van der Waals surface area contributed by atoms with Crippen LogP contribution in [0.1, 0.15) is 33.6 Å². The van der Waals surface area contributed by atoms with Crippen molar-refractivity contribution in [3.63, 3.8) is 0 Å². The third-order valence-electron chi connectivity index (χ3n) is 4.64. The fourth-order valence-corrected chi connectivity index (χ4v) is 3.08. The van der Waals surface area contributed by atoms with Crippen LogP contribution in [-0.4, -0.2) is 61.4 Å². The predicted molar refractivity (Wildman–Crippen MR) is 102 cm³/mol. The van der Waals surface area contributed by atoms with Gasteiger partial charge in [-0.2, -0.15) is 0 Å². The summed E-state index contributed by atoms with van der Waals surface area (Å²) in [5, 5.41) is 0. The first-order chi connectivity index (χ1) is 11.8. The summed E-state index contributed by atoms with van der Waals surface area (Å²) in [7, 11) is 2.01. The molecule has 0 spiro atoms. The van der Waals surface area contributed by atoms with Gasteiger partial charge in [-0.05, 0) is 18.6 Å². The zero-order valence-electron chi connectivity index (χ0n) is 16.0. The molecule has 1 aliphatic rings. The van der Waals surface area contributed by atoms with Crippen molar-refractivity contribution < 1.29 is 9.59 Å². The second kappa shape index (κ2) is 8.37. The zero-order valence-corrected chi connectivity index (χ0v) is 16.0. The van der Waals surface area contributed by atoms with Crippen molar-refractivity contribution in [1.82, 2.24) is 9.80 Å². The van der Waals surface area contributed by atoms with Crippen LogP contribution >= 0.6 is 0 Å². The molecule has 1 aromatic carbocycles. The van der Waals surface area contributed by atoms with Crippen molar-refractivity contribution in [3.8, 4) is 0 Å². The lowest BCUT2D eigenvalue weighted by Gasteiger charge is -2.28. The van der Waals surface area contributed by atoms with Crippen molar-refractivity contribution >= 4 is 17.5 Å². The molecule has 1 aromatic rings. The van der Waals surface area contributed by atoms with E-state index in [2.05, 4.69) is 4.90 Å². The molecule has 1 saturated heterocycles. The minimum absolute atomic E-state index is 0.172. The summed E-state index contributed by atoms with van der Waals surface area (Å²) in [6, 6.07) is 10.1. The molecule has 5 heteroatoms. The second-order valence-corrected chi connectivity index (χ2v) is 7.78. The molecule has 25 heavy (non-hydrogen) atoms. The smallest absolute Gasteiger partial charge is 0.228 e. The molecule has 1 heterocycles. The van der Waals surface area contributed by atoms with Gasteiger partial charge in [0.05, 0.1) is 0 Å². The summed E-state index contributed by atoms with van der Waals surface area (Å²) in [6.45, 7) is 9.29. The lowest BCUT2D eigenvalue weighted by molar-refractivity contribution is -0.139. The number of anilines is 1. The molecular weight excluding hydrogens is 314 g/mol. The summed E-state index contributed by atoms with van der Waals surface area (Å²) >= 11 is 0. The summed E-state index contributed by atoms with van der Waals surface area (Å²) < 4.78 is 0. The van der Waals surface area contributed by atoms with Crippen LogP contribution in [0.3, 0.4) is 0 Å². The van der Waals surface area contributed by atoms with E-state index in [-0.39, 0.29) is 17.2 Å². The molecule has 0 aromatic heterocycles. The standard InChI is InChI=1S/C20H31N3O2/c1-20(2,3)19(25)23-13-8-12-22(15-16-23)18(24)11-14-21(4)17-9-6-5-7-10-17/h5-7,9-10H,8,11-16H2,1-4H3. The van der Waals surface area contributed by atoms with Crippen molar-refractivity contribution in [1.29, 1.82) is 0 Å². The van der Waals surface area contributed by atoms with Crippen LogP contribution < -0.4 is 4.90 Å². The van der Waals surface area contributed by atoms with Crippen molar-refractivity contribution in [2.75, 3.05) is 44.7 Å². The number of para-hydroxylation sites is 1. The highest BCUT2D eigenvalue weighted by atomic mass is 16.2. The molecule has 2 amide bonds. The minimum atomic E-state index is -0.364. The Kier molecular flexibility index (Phi) is 6.45. The van der Waals surface area contributed by atoms with E-state index < -0.39 is 0 Å². The third kappa shape index (κ3) is 5.48. The van der Waals surface area contributed by atoms with Gasteiger partial charge in [0, 0.05) is 57.3 Å². The van der Waals surface area contributed by atoms with Gasteiger partial charge in [0.2, 0.25) is 11.8 Å². The van der Waals surface area contributed by atoms with E-state index in [9.17, 15) is 9.59 Å². The number of hydrogen-bond donors (Lipinski definition) is 0. The van der Waals surface area contributed by atoms with E-state index in [0.717, 1.165) is 25.2 Å². The Balaban J connectivity index is 1.83. The summed E-state index contributed by atoms with van der Waals surface area (Å²) in [5.74, 6) is 0.346. The zero-order chi connectivity index (χ0) is 18.4. The number of nitrogens with zero attached hydrogens (tertiary/aromatic N) is 3. The van der Waals surface area contributed by atoms with Gasteiger partial charge in [0.25, 0.3) is 0 Å². The second-order valence-electron chi connectivity index (χ2n) is 7.78. The molecule has 0 saturated carbocycles. The van der Waals surface area contributed by atoms with E-state index in [0.29, 0.717) is 26.1 Å². The van der Waals surface area contributed by atoms with Crippen LogP contribution in [0.2, 0.25) is 0 Å². The van der Waals surface area contributed by atoms with E-state index in [1.165, 1.54) is 0 Å². The molecule has 0 radical (unpaired) electrons. The molecule has 5 nitrogen and oxygen atoms in total. The molecular formula is C20H31N3O2. The van der Waals surface area contributed by atoms with Crippen molar-refractivity contribution in [2.45, 2.75) is 33.6 Å². The maximum absolute atomic E-state index is 12.6. The van der Waals surface area contributed by atoms with Crippen LogP contribution in [0.4, 0.5) is 5.69 Å². The van der Waals surface area contributed by atoms with Gasteiger partial charge >= 0.3 is 0 Å². The Morgan fingerprint density at radius 2 is 1.60 bits per heavy atom. The molecule has 0 unspecified atom stereocenters. The first-order valence-corrected chi connectivity index (χ1v) is 9.12. The number of carbonyl (C=O) groups excluding carboxylic acids is 2. The monoisotopic (exact) mass is 345 g/mol. The quantitative estimate of drug-likeness (QED) is 0.842. The first-order valence-electron chi connectivity index (χ1n) is 9.12. The fourth-order valence-electron chi connectivity index (χ4n) is 3.08. The van der Waals surface area contributed by atoms with Gasteiger partial charge in [0.1, 0.15) is 0 Å². The number of carbonyl (C=O) groups is 2. The fraction of sp³-hybridized carbons (Fsp3) is 0.600. The third-order valence-corrected chi connectivity index (χ3v) is 4.64. The molecule has 0 atom stereocenters. The average Bonchev–Trinajstić information content (AvgIpc) is 2.84. The van der Waals surface area contributed by atoms with Crippen LogP contribution in [0.5, 0.6) is 0 Å². The van der Waals surface area contributed by atoms with E-state index in [4.69, 9.17) is 0 Å². The number of rotatable bonds is 4. The molecule has 0 bridgehead atoms. The molecule has 1 aliphatic heterocycles. The van der Waals surface area contributed by atoms with Gasteiger partial charge < -0.3 is 14.7 Å². The maximum atomic E-state index is 12.6. The Morgan fingerprint density at radius 3 is 2.24 bits per heavy atom.